The van der Waals surface area contributed by atoms with Gasteiger partial charge >= 0.3 is 0 Å². The van der Waals surface area contributed by atoms with Gasteiger partial charge in [0.25, 0.3) is 5.91 Å². The maximum atomic E-state index is 12.7. The maximum absolute atomic E-state index is 12.7. The minimum Gasteiger partial charge on any atom is -0.382 e. The van der Waals surface area contributed by atoms with Crippen LogP contribution in [0, 0.1) is 0 Å². The molecule has 3 aromatic heterocycles. The summed E-state index contributed by atoms with van der Waals surface area (Å²) in [6.07, 6.45) is 2.75. The number of carbonyl (C=O) groups is 2. The SMILES string of the molecule is C[C@H](CC(=O)c1ncnc(N)c1Cl)c1ncc(C(=O)Nc2cc(C(C)(C)C)c(Cl)nn2)s1. The number of Topliss-reactive ketones (excluding diaryl/α,β-unsaturated/α-hetero) is 1. The van der Waals surface area contributed by atoms with Gasteiger partial charge in [-0.1, -0.05) is 50.9 Å². The van der Waals surface area contributed by atoms with Gasteiger partial charge in [-0.15, -0.1) is 21.5 Å². The Morgan fingerprint density at radius 3 is 2.59 bits per heavy atom. The highest BCUT2D eigenvalue weighted by molar-refractivity contribution is 7.13. The molecule has 1 atom stereocenters. The minimum absolute atomic E-state index is 0.0302. The molecule has 1 amide bonds. The van der Waals surface area contributed by atoms with E-state index in [-0.39, 0.29) is 46.0 Å². The fourth-order valence-corrected chi connectivity index (χ4v) is 4.25. The van der Waals surface area contributed by atoms with E-state index in [0.717, 1.165) is 5.56 Å². The number of aromatic nitrogens is 5. The van der Waals surface area contributed by atoms with Crippen molar-refractivity contribution in [2.75, 3.05) is 11.1 Å². The summed E-state index contributed by atoms with van der Waals surface area (Å²) < 4.78 is 0. The highest BCUT2D eigenvalue weighted by Gasteiger charge is 2.23. The fourth-order valence-electron chi connectivity index (χ4n) is 2.80. The largest absolute Gasteiger partial charge is 0.382 e. The van der Waals surface area contributed by atoms with E-state index in [2.05, 4.69) is 30.5 Å². The Balaban J connectivity index is 1.70. The molecule has 0 saturated carbocycles. The molecule has 3 rings (SSSR count). The second-order valence-corrected chi connectivity index (χ2v) is 9.95. The molecule has 0 saturated heterocycles. The van der Waals surface area contributed by atoms with E-state index >= 15 is 0 Å². The van der Waals surface area contributed by atoms with E-state index < -0.39 is 0 Å². The monoisotopic (exact) mass is 493 g/mol. The molecule has 12 heteroatoms. The highest BCUT2D eigenvalue weighted by Crippen LogP contribution is 2.30. The molecule has 0 aliphatic carbocycles. The molecule has 3 aromatic rings. The number of nitrogens with two attached hydrogens (primary N) is 1. The lowest BCUT2D eigenvalue weighted by atomic mass is 9.88. The van der Waals surface area contributed by atoms with Crippen LogP contribution in [0.1, 0.15) is 70.8 Å². The normalized spacial score (nSPS) is 12.4. The number of thiazole rings is 1. The fraction of sp³-hybridized carbons (Fsp3) is 0.350. The lowest BCUT2D eigenvalue weighted by Crippen LogP contribution is -2.17. The number of amides is 1. The molecule has 168 valence electrons. The molecule has 3 N–H and O–H groups in total. The number of nitrogen functional groups attached to an aromatic ring is 1. The van der Waals surface area contributed by atoms with E-state index in [4.69, 9.17) is 28.9 Å². The minimum atomic E-state index is -0.379. The predicted octanol–water partition coefficient (Wildman–Crippen LogP) is 4.54. The smallest absolute Gasteiger partial charge is 0.268 e. The molecule has 9 nitrogen and oxygen atoms in total. The van der Waals surface area contributed by atoms with E-state index in [1.807, 2.05) is 27.7 Å². The number of nitrogens with zero attached hydrogens (tertiary/aromatic N) is 5. The van der Waals surface area contributed by atoms with Crippen molar-refractivity contribution in [2.45, 2.75) is 45.4 Å². The van der Waals surface area contributed by atoms with Crippen LogP contribution in [-0.2, 0) is 5.41 Å². The summed E-state index contributed by atoms with van der Waals surface area (Å²) in [5.74, 6) is -0.590. The maximum Gasteiger partial charge on any atom is 0.268 e. The summed E-state index contributed by atoms with van der Waals surface area (Å²) >= 11 is 13.4. The van der Waals surface area contributed by atoms with Crippen LogP contribution in [0.5, 0.6) is 0 Å². The average molecular weight is 494 g/mol. The first kappa shape index (κ1) is 24.0. The van der Waals surface area contributed by atoms with Crippen molar-refractivity contribution < 1.29 is 9.59 Å². The van der Waals surface area contributed by atoms with Gasteiger partial charge in [-0.25, -0.2) is 15.0 Å². The number of nitrogens with one attached hydrogen (secondary N) is 1. The Kier molecular flexibility index (Phi) is 7.06. The van der Waals surface area contributed by atoms with E-state index in [0.29, 0.717) is 20.9 Å². The molecule has 0 fully saturated rings. The lowest BCUT2D eigenvalue weighted by Gasteiger charge is -2.20. The summed E-state index contributed by atoms with van der Waals surface area (Å²) in [5.41, 5.74) is 6.21. The van der Waals surface area contributed by atoms with Crippen LogP contribution < -0.4 is 11.1 Å². The molecule has 0 bridgehead atoms. The Morgan fingerprint density at radius 1 is 1.19 bits per heavy atom. The van der Waals surface area contributed by atoms with Gasteiger partial charge in [0.15, 0.2) is 16.8 Å². The summed E-state index contributed by atoms with van der Waals surface area (Å²) in [4.78, 5) is 37.6. The van der Waals surface area contributed by atoms with E-state index in [1.165, 1.54) is 23.9 Å². The average Bonchev–Trinajstić information content (AvgIpc) is 3.21. The first-order valence-corrected chi connectivity index (χ1v) is 11.1. The topological polar surface area (TPSA) is 137 Å². The quantitative estimate of drug-likeness (QED) is 0.477. The van der Waals surface area contributed by atoms with Crippen molar-refractivity contribution in [3.05, 3.63) is 49.9 Å². The van der Waals surface area contributed by atoms with Crippen LogP contribution in [-0.4, -0.2) is 36.8 Å². The highest BCUT2D eigenvalue weighted by atomic mass is 35.5. The van der Waals surface area contributed by atoms with Crippen LogP contribution in [0.3, 0.4) is 0 Å². The summed E-state index contributed by atoms with van der Waals surface area (Å²) in [6, 6.07) is 1.70. The van der Waals surface area contributed by atoms with Crippen molar-refractivity contribution in [2.24, 2.45) is 0 Å². The van der Waals surface area contributed by atoms with Crippen LogP contribution in [0.15, 0.2) is 18.6 Å². The Bertz CT molecular complexity index is 1180. The van der Waals surface area contributed by atoms with Crippen molar-refractivity contribution in [1.82, 2.24) is 25.1 Å². The van der Waals surface area contributed by atoms with Gasteiger partial charge in [0.1, 0.15) is 27.7 Å². The van der Waals surface area contributed by atoms with E-state index in [9.17, 15) is 9.59 Å². The second kappa shape index (κ2) is 9.43. The summed E-state index contributed by atoms with van der Waals surface area (Å²) in [5, 5.41) is 11.5. The molecule has 32 heavy (non-hydrogen) atoms. The summed E-state index contributed by atoms with van der Waals surface area (Å²) in [7, 11) is 0. The first-order chi connectivity index (χ1) is 15.0. The van der Waals surface area contributed by atoms with Crippen molar-refractivity contribution >= 4 is 57.9 Å². The zero-order valence-electron chi connectivity index (χ0n) is 17.8. The molecule has 0 aliphatic heterocycles. The van der Waals surface area contributed by atoms with Gasteiger partial charge in [0, 0.05) is 17.9 Å². The molecule has 3 heterocycles. The number of hydrogen-bond acceptors (Lipinski definition) is 9. The Labute approximate surface area is 198 Å². The van der Waals surface area contributed by atoms with Gasteiger partial charge in [-0.3, -0.25) is 9.59 Å². The molecular formula is C20H21Cl2N7O2S. The zero-order valence-corrected chi connectivity index (χ0v) is 20.1. The molecule has 0 aromatic carbocycles. The van der Waals surface area contributed by atoms with Gasteiger partial charge in [0.05, 0.1) is 11.2 Å². The number of anilines is 2. The molecule has 0 unspecified atom stereocenters. The van der Waals surface area contributed by atoms with Gasteiger partial charge < -0.3 is 11.1 Å². The van der Waals surface area contributed by atoms with Crippen LogP contribution in [0.25, 0.3) is 0 Å². The third-order valence-corrected chi connectivity index (χ3v) is 6.42. The van der Waals surface area contributed by atoms with Gasteiger partial charge in [0.2, 0.25) is 0 Å². The Morgan fingerprint density at radius 2 is 1.91 bits per heavy atom. The lowest BCUT2D eigenvalue weighted by molar-refractivity contribution is 0.0969. The molecule has 0 spiro atoms. The number of ketones is 1. The van der Waals surface area contributed by atoms with E-state index in [1.54, 1.807) is 6.07 Å². The van der Waals surface area contributed by atoms with Gasteiger partial charge in [-0.05, 0) is 11.5 Å². The third-order valence-electron chi connectivity index (χ3n) is 4.54. The predicted molar refractivity (Wildman–Crippen MR) is 125 cm³/mol. The third kappa shape index (κ3) is 5.37. The second-order valence-electron chi connectivity index (χ2n) is 8.15. The van der Waals surface area contributed by atoms with Crippen molar-refractivity contribution in [1.29, 1.82) is 0 Å². The summed E-state index contributed by atoms with van der Waals surface area (Å²) in [6.45, 7) is 7.80. The van der Waals surface area contributed by atoms with Gasteiger partial charge in [-0.2, -0.15) is 0 Å². The van der Waals surface area contributed by atoms with Crippen LogP contribution >= 0.6 is 34.5 Å². The van der Waals surface area contributed by atoms with Crippen molar-refractivity contribution in [3.8, 4) is 0 Å². The zero-order chi connectivity index (χ0) is 23.6. The number of carbonyl (C=O) groups excluding carboxylic acids is 2. The Hall–Kier alpha value is -2.69. The number of hydrogen-bond donors (Lipinski definition) is 2. The standard InChI is InChI=1S/C20H21Cl2N7O2S/c1-9(5-11(30)15-14(21)17(23)26-8-25-15)19-24-7-12(32-19)18(31)27-13-6-10(20(2,3)4)16(22)29-28-13/h6-9H,5H2,1-4H3,(H2,23,25,26)(H,27,28,31)/t9-/m1/s1. The van der Waals surface area contributed by atoms with Crippen LogP contribution in [0.2, 0.25) is 10.2 Å². The van der Waals surface area contributed by atoms with Crippen molar-refractivity contribution in [3.63, 3.8) is 0 Å². The van der Waals surface area contributed by atoms with Crippen LogP contribution in [0.4, 0.5) is 11.6 Å². The molecule has 0 aliphatic rings. The first-order valence-electron chi connectivity index (χ1n) is 9.57. The molecular weight excluding hydrogens is 473 g/mol. The number of rotatable bonds is 6. The molecule has 0 radical (unpaired) electrons. The number of halogens is 2.